The first kappa shape index (κ1) is 16.2. The average Bonchev–Trinajstić information content (AvgIpc) is 2.20. The minimum absolute atomic E-state index is 0.112. The number of allylic oxidation sites excluding steroid dienone is 1. The van der Waals surface area contributed by atoms with Crippen LogP contribution >= 0.6 is 0 Å². The minimum atomic E-state index is -0.313. The topological polar surface area (TPSA) is 26.3 Å². The molecule has 0 aromatic rings. The summed E-state index contributed by atoms with van der Waals surface area (Å²) >= 11 is 0. The van der Waals surface area contributed by atoms with Crippen molar-refractivity contribution in [2.45, 2.75) is 85.7 Å². The molecule has 0 saturated heterocycles. The van der Waals surface area contributed by atoms with E-state index in [-0.39, 0.29) is 21.8 Å². The van der Waals surface area contributed by atoms with Gasteiger partial charge >= 0.3 is 0 Å². The van der Waals surface area contributed by atoms with Gasteiger partial charge in [0.1, 0.15) is 0 Å². The van der Waals surface area contributed by atoms with Crippen LogP contribution in [0.1, 0.15) is 80.1 Å². The molecule has 1 saturated carbocycles. The molecule has 2 atom stereocenters. The molecule has 0 spiro atoms. The Bertz CT molecular complexity index is 540. The summed E-state index contributed by atoms with van der Waals surface area (Å²) in [5.74, 6) is 0.361. The number of carbonyl (C=O) groups is 1. The van der Waals surface area contributed by atoms with Gasteiger partial charge in [-0.2, -0.15) is 0 Å². The van der Waals surface area contributed by atoms with Gasteiger partial charge < -0.3 is 4.74 Å². The summed E-state index contributed by atoms with van der Waals surface area (Å²) in [4.78, 5) is 13.0. The summed E-state index contributed by atoms with van der Waals surface area (Å²) in [7, 11) is 0. The molecule has 2 nitrogen and oxygen atoms in total. The van der Waals surface area contributed by atoms with Crippen LogP contribution < -0.4 is 0 Å². The van der Waals surface area contributed by atoms with Crippen LogP contribution in [0.4, 0.5) is 0 Å². The quantitative estimate of drug-likeness (QED) is 0.712. The molecule has 3 aliphatic rings. The van der Waals surface area contributed by atoms with Gasteiger partial charge in [0.2, 0.25) is 0 Å². The maximum absolute atomic E-state index is 13.0. The van der Waals surface area contributed by atoms with E-state index in [0.717, 1.165) is 31.3 Å². The minimum Gasteiger partial charge on any atom is -0.370 e. The molecule has 0 radical (unpaired) electrons. The van der Waals surface area contributed by atoms with Crippen LogP contribution in [0.25, 0.3) is 0 Å². The second-order valence-corrected chi connectivity index (χ2v) is 10.0. The number of hydrogen-bond donors (Lipinski definition) is 0. The first-order valence-electron chi connectivity index (χ1n) is 8.90. The first-order valence-corrected chi connectivity index (χ1v) is 8.90. The Hall–Kier alpha value is -0.630. The number of hydrogen-bond acceptors (Lipinski definition) is 2. The molecule has 22 heavy (non-hydrogen) atoms. The van der Waals surface area contributed by atoms with Gasteiger partial charge in [0.25, 0.3) is 0 Å². The summed E-state index contributed by atoms with van der Waals surface area (Å²) in [6.45, 7) is 14.3. The van der Waals surface area contributed by atoms with Crippen LogP contribution in [0.3, 0.4) is 0 Å². The zero-order chi connectivity index (χ0) is 16.4. The molecule has 0 N–H and O–H groups in total. The van der Waals surface area contributed by atoms with Crippen molar-refractivity contribution in [1.29, 1.82) is 0 Å². The van der Waals surface area contributed by atoms with Crippen molar-refractivity contribution in [3.8, 4) is 0 Å². The largest absolute Gasteiger partial charge is 0.370 e. The van der Waals surface area contributed by atoms with E-state index in [1.165, 1.54) is 12.0 Å². The third-order valence-corrected chi connectivity index (χ3v) is 5.86. The smallest absolute Gasteiger partial charge is 0.162 e. The Kier molecular flexibility index (Phi) is 3.46. The lowest BCUT2D eigenvalue weighted by molar-refractivity contribution is -0.138. The van der Waals surface area contributed by atoms with Crippen LogP contribution in [0.15, 0.2) is 11.1 Å². The van der Waals surface area contributed by atoms with E-state index in [4.69, 9.17) is 4.74 Å². The van der Waals surface area contributed by atoms with Crippen molar-refractivity contribution in [3.05, 3.63) is 11.1 Å². The van der Waals surface area contributed by atoms with Crippen molar-refractivity contribution in [1.82, 2.24) is 0 Å². The molecule has 0 unspecified atom stereocenters. The summed E-state index contributed by atoms with van der Waals surface area (Å²) in [5, 5.41) is 0. The lowest BCUT2D eigenvalue weighted by Crippen LogP contribution is -2.55. The highest BCUT2D eigenvalue weighted by Crippen LogP contribution is 2.62. The zero-order valence-electron chi connectivity index (χ0n) is 15.3. The van der Waals surface area contributed by atoms with Gasteiger partial charge in [0.15, 0.2) is 5.78 Å². The monoisotopic (exact) mass is 304 g/mol. The fraction of sp³-hybridized carbons (Fsp3) is 0.850. The van der Waals surface area contributed by atoms with Gasteiger partial charge in [-0.1, -0.05) is 40.2 Å². The van der Waals surface area contributed by atoms with Gasteiger partial charge in [-0.05, 0) is 55.3 Å². The van der Waals surface area contributed by atoms with Gasteiger partial charge in [0.05, 0.1) is 5.60 Å². The van der Waals surface area contributed by atoms with E-state index in [1.54, 1.807) is 0 Å². The predicted octanol–water partition coefficient (Wildman–Crippen LogP) is 5.07. The van der Waals surface area contributed by atoms with Crippen molar-refractivity contribution in [3.63, 3.8) is 0 Å². The van der Waals surface area contributed by atoms with Crippen molar-refractivity contribution >= 4 is 5.78 Å². The maximum Gasteiger partial charge on any atom is 0.162 e. The molecule has 2 bridgehead atoms. The molecule has 0 aliphatic heterocycles. The Balaban J connectivity index is 2.15. The second kappa shape index (κ2) is 4.69. The molecule has 1 fully saturated rings. The molecule has 0 amide bonds. The number of ether oxygens (including phenoxy) is 1. The number of carbonyl (C=O) groups excluding carboxylic acids is 1. The fourth-order valence-electron chi connectivity index (χ4n) is 6.25. The van der Waals surface area contributed by atoms with E-state index in [2.05, 4.69) is 41.5 Å². The van der Waals surface area contributed by atoms with Crippen LogP contribution in [0.5, 0.6) is 0 Å². The lowest BCUT2D eigenvalue weighted by atomic mass is 9.49. The van der Waals surface area contributed by atoms with Gasteiger partial charge in [-0.15, -0.1) is 0 Å². The van der Waals surface area contributed by atoms with E-state index in [9.17, 15) is 4.79 Å². The van der Waals surface area contributed by atoms with Crippen LogP contribution in [-0.4, -0.2) is 18.0 Å². The summed E-state index contributed by atoms with van der Waals surface area (Å²) in [6, 6.07) is 0. The van der Waals surface area contributed by atoms with Crippen LogP contribution in [0, 0.1) is 16.2 Å². The Morgan fingerprint density at radius 2 is 1.59 bits per heavy atom. The molecule has 0 aromatic heterocycles. The number of rotatable bonds is 2. The van der Waals surface area contributed by atoms with Crippen LogP contribution in [0.2, 0.25) is 0 Å². The molecule has 3 rings (SSSR count). The van der Waals surface area contributed by atoms with E-state index < -0.39 is 0 Å². The van der Waals surface area contributed by atoms with Crippen molar-refractivity contribution in [2.24, 2.45) is 16.2 Å². The van der Waals surface area contributed by atoms with E-state index in [0.29, 0.717) is 18.8 Å². The lowest BCUT2D eigenvalue weighted by Gasteiger charge is -2.58. The zero-order valence-corrected chi connectivity index (χ0v) is 15.3. The standard InChI is InChI=1S/C20H32O2/c1-7-22-20-12-18(4,5)11-19(6,13-20)9-14-8-17(2,3)10-15(21)16(14)20/h7-13H2,1-6H3/t19-,20-/m0/s1. The van der Waals surface area contributed by atoms with Crippen molar-refractivity contribution < 1.29 is 9.53 Å². The molecule has 0 heterocycles. The molecule has 124 valence electrons. The van der Waals surface area contributed by atoms with Gasteiger partial charge in [0, 0.05) is 18.6 Å². The normalized spacial score (nSPS) is 39.6. The van der Waals surface area contributed by atoms with E-state index in [1.807, 2.05) is 0 Å². The van der Waals surface area contributed by atoms with Crippen LogP contribution in [-0.2, 0) is 9.53 Å². The highest BCUT2D eigenvalue weighted by atomic mass is 16.5. The first-order chi connectivity index (χ1) is 10.0. The van der Waals surface area contributed by atoms with Crippen molar-refractivity contribution in [2.75, 3.05) is 6.61 Å². The summed E-state index contributed by atoms with van der Waals surface area (Å²) in [6.07, 6.45) is 6.10. The molecular formula is C20H32O2. The molecular weight excluding hydrogens is 272 g/mol. The number of ketones is 1. The Labute approximate surface area is 135 Å². The second-order valence-electron chi connectivity index (χ2n) is 10.0. The van der Waals surface area contributed by atoms with Gasteiger partial charge in [-0.25, -0.2) is 0 Å². The molecule has 3 aliphatic carbocycles. The third-order valence-electron chi connectivity index (χ3n) is 5.86. The average molecular weight is 304 g/mol. The maximum atomic E-state index is 13.0. The highest BCUT2D eigenvalue weighted by molar-refractivity contribution is 5.99. The molecule has 2 heteroatoms. The third kappa shape index (κ3) is 2.58. The summed E-state index contributed by atoms with van der Waals surface area (Å²) in [5.41, 5.74) is 2.82. The Morgan fingerprint density at radius 1 is 0.909 bits per heavy atom. The Morgan fingerprint density at radius 3 is 2.23 bits per heavy atom. The van der Waals surface area contributed by atoms with Gasteiger partial charge in [-0.3, -0.25) is 4.79 Å². The highest BCUT2D eigenvalue weighted by Gasteiger charge is 2.58. The predicted molar refractivity (Wildman–Crippen MR) is 89.8 cm³/mol. The molecule has 0 aromatic carbocycles. The number of Topliss-reactive ketones (excluding diaryl/α,β-unsaturated/α-hetero) is 1. The van der Waals surface area contributed by atoms with E-state index >= 15 is 0 Å². The number of fused-ring (bicyclic) bond motifs is 3. The SMILES string of the molecule is CCO[C@]12CC(C)(C)C[C@](C)(CC3=C1C(=O)CC(C)(C)C3)C2. The summed E-state index contributed by atoms with van der Waals surface area (Å²) < 4.78 is 6.37. The fourth-order valence-corrected chi connectivity index (χ4v) is 6.25.